The van der Waals surface area contributed by atoms with Crippen LogP contribution >= 0.6 is 0 Å². The third-order valence-corrected chi connectivity index (χ3v) is 17.4. The maximum absolute atomic E-state index is 14.5. The molecule has 0 spiro atoms. The zero-order chi connectivity index (χ0) is 31.9. The van der Waals surface area contributed by atoms with Gasteiger partial charge < -0.3 is 18.3 Å². The van der Waals surface area contributed by atoms with Crippen molar-refractivity contribution in [3.05, 3.63) is 91.0 Å². The highest BCUT2D eigenvalue weighted by Crippen LogP contribution is 2.52. The fraction of sp³-hybridized carbons (Fsp3) is 0.486. The molecule has 0 unspecified atom stereocenters. The summed E-state index contributed by atoms with van der Waals surface area (Å²) < 4.78 is 55.7. The Morgan fingerprint density at radius 2 is 1.36 bits per heavy atom. The Hall–Kier alpha value is -2.12. The Balaban J connectivity index is 1.54. The molecule has 0 amide bonds. The predicted molar refractivity (Wildman–Crippen MR) is 181 cm³/mol. The van der Waals surface area contributed by atoms with Crippen molar-refractivity contribution >= 4 is 36.8 Å². The van der Waals surface area contributed by atoms with Crippen molar-refractivity contribution in [3.63, 3.8) is 0 Å². The maximum atomic E-state index is 14.5. The number of epoxide rings is 1. The van der Waals surface area contributed by atoms with Crippen LogP contribution in [0.4, 0.5) is 0 Å². The van der Waals surface area contributed by atoms with Gasteiger partial charge in [0.2, 0.25) is 14.8 Å². The minimum absolute atomic E-state index is 0.150. The Bertz CT molecular complexity index is 1470. The highest BCUT2D eigenvalue weighted by molar-refractivity contribution is 7.93. The van der Waals surface area contributed by atoms with Crippen molar-refractivity contribution in [2.24, 2.45) is 0 Å². The summed E-state index contributed by atoms with van der Waals surface area (Å²) in [5.41, 5.74) is -0.600. The van der Waals surface area contributed by atoms with Crippen molar-refractivity contribution < 1.29 is 26.7 Å². The molecule has 2 aliphatic heterocycles. The first-order valence-corrected chi connectivity index (χ1v) is 22.5. The highest BCUT2D eigenvalue weighted by atomic mass is 32.2. The van der Waals surface area contributed by atoms with E-state index in [1.54, 1.807) is 24.3 Å². The van der Waals surface area contributed by atoms with Crippen LogP contribution in [-0.2, 0) is 28.2 Å². The predicted octanol–water partition coefficient (Wildman–Crippen LogP) is 6.31. The molecule has 44 heavy (non-hydrogen) atoms. The van der Waals surface area contributed by atoms with Crippen molar-refractivity contribution in [3.8, 4) is 0 Å². The second-order valence-corrected chi connectivity index (χ2v) is 25.3. The van der Waals surface area contributed by atoms with Gasteiger partial charge in [-0.05, 0) is 67.0 Å². The van der Waals surface area contributed by atoms with Gasteiger partial charge in [0, 0.05) is 13.0 Å². The summed E-state index contributed by atoms with van der Waals surface area (Å²) in [6, 6.07) is 29.4. The molecule has 3 aromatic rings. The van der Waals surface area contributed by atoms with Gasteiger partial charge in [0.05, 0.1) is 23.2 Å². The Kier molecular flexibility index (Phi) is 9.25. The lowest BCUT2D eigenvalue weighted by molar-refractivity contribution is -0.130. The first kappa shape index (κ1) is 33.3. The van der Waals surface area contributed by atoms with Crippen LogP contribution in [0.1, 0.15) is 47.0 Å². The molecule has 0 aromatic heterocycles. The van der Waals surface area contributed by atoms with Crippen LogP contribution in [0.15, 0.2) is 95.9 Å². The largest absolute Gasteiger partial charge is 0.410 e. The third kappa shape index (κ3) is 6.29. The molecule has 0 N–H and O–H groups in total. The first-order chi connectivity index (χ1) is 20.6. The summed E-state index contributed by atoms with van der Waals surface area (Å²) in [4.78, 5) is -1.23. The zero-order valence-electron chi connectivity index (χ0n) is 27.2. The molecule has 2 fully saturated rings. The van der Waals surface area contributed by atoms with E-state index >= 15 is 0 Å². The lowest BCUT2D eigenvalue weighted by Gasteiger charge is -2.45. The first-order valence-electron chi connectivity index (χ1n) is 15.7. The van der Waals surface area contributed by atoms with E-state index in [0.717, 1.165) is 23.2 Å². The molecular formula is C35H48O6SSi2. The van der Waals surface area contributed by atoms with Gasteiger partial charge in [-0.15, -0.1) is 0 Å². The van der Waals surface area contributed by atoms with Crippen LogP contribution in [0.5, 0.6) is 0 Å². The maximum Gasteiger partial charge on any atom is 0.261 e. The molecule has 2 saturated heterocycles. The van der Waals surface area contributed by atoms with Crippen molar-refractivity contribution in [2.75, 3.05) is 13.2 Å². The number of benzene rings is 3. The summed E-state index contributed by atoms with van der Waals surface area (Å²) in [7, 11) is -8.79. The molecule has 2 heterocycles. The van der Waals surface area contributed by atoms with Gasteiger partial charge in [-0.1, -0.05) is 99.6 Å². The summed E-state index contributed by atoms with van der Waals surface area (Å²) in [6.45, 7) is 15.9. The van der Waals surface area contributed by atoms with Gasteiger partial charge in [0.15, 0.2) is 8.32 Å². The molecule has 6 nitrogen and oxygen atoms in total. The highest BCUT2D eigenvalue weighted by Gasteiger charge is 2.69. The van der Waals surface area contributed by atoms with Gasteiger partial charge in [-0.2, -0.15) is 0 Å². The fourth-order valence-electron chi connectivity index (χ4n) is 6.99. The molecule has 0 bridgehead atoms. The summed E-state index contributed by atoms with van der Waals surface area (Å²) in [6.07, 6.45) is 0.777. The van der Waals surface area contributed by atoms with E-state index in [4.69, 9.17) is 18.3 Å². The van der Waals surface area contributed by atoms with Crippen molar-refractivity contribution in [1.82, 2.24) is 0 Å². The van der Waals surface area contributed by atoms with Crippen LogP contribution in [0.25, 0.3) is 0 Å². The summed E-state index contributed by atoms with van der Waals surface area (Å²) in [5, 5.41) is 2.03. The molecule has 5 rings (SSSR count). The van der Waals surface area contributed by atoms with E-state index < -0.39 is 49.2 Å². The number of hydrogen-bond acceptors (Lipinski definition) is 6. The van der Waals surface area contributed by atoms with Gasteiger partial charge in [-0.25, -0.2) is 8.42 Å². The monoisotopic (exact) mass is 652 g/mol. The van der Waals surface area contributed by atoms with E-state index in [9.17, 15) is 8.42 Å². The molecule has 3 aromatic carbocycles. The van der Waals surface area contributed by atoms with Gasteiger partial charge in [0.25, 0.3) is 8.32 Å². The Morgan fingerprint density at radius 1 is 0.841 bits per heavy atom. The lowest BCUT2D eigenvalue weighted by Crippen LogP contribution is -2.67. The molecule has 0 saturated carbocycles. The second kappa shape index (κ2) is 12.2. The van der Waals surface area contributed by atoms with Crippen molar-refractivity contribution in [2.45, 2.75) is 99.3 Å². The number of rotatable bonds is 11. The average molecular weight is 653 g/mol. The Labute approximate surface area is 266 Å². The average Bonchev–Trinajstić information content (AvgIpc) is 3.69. The van der Waals surface area contributed by atoms with E-state index in [0.29, 0.717) is 6.61 Å². The minimum atomic E-state index is -3.91. The van der Waals surface area contributed by atoms with Gasteiger partial charge >= 0.3 is 0 Å². The number of hydrogen-bond donors (Lipinski definition) is 0. The molecule has 0 radical (unpaired) electrons. The van der Waals surface area contributed by atoms with E-state index in [2.05, 4.69) is 71.6 Å². The van der Waals surface area contributed by atoms with Crippen molar-refractivity contribution in [1.29, 1.82) is 0 Å². The normalized spacial score (nSPS) is 26.3. The zero-order valence-corrected chi connectivity index (χ0v) is 30.0. The molecule has 2 aliphatic rings. The van der Waals surface area contributed by atoms with Gasteiger partial charge in [0.1, 0.15) is 6.10 Å². The topological polar surface area (TPSA) is 74.4 Å². The van der Waals surface area contributed by atoms with E-state index in [-0.39, 0.29) is 23.0 Å². The van der Waals surface area contributed by atoms with Crippen LogP contribution < -0.4 is 10.4 Å². The number of ether oxygens (including phenoxy) is 2. The molecule has 0 aliphatic carbocycles. The van der Waals surface area contributed by atoms with Crippen LogP contribution in [0, 0.1) is 0 Å². The Morgan fingerprint density at radius 3 is 1.86 bits per heavy atom. The minimum Gasteiger partial charge on any atom is -0.410 e. The van der Waals surface area contributed by atoms with Crippen LogP contribution in [0.3, 0.4) is 0 Å². The quantitative estimate of drug-likeness (QED) is 0.179. The standard InChI is InChI=1S/C35H48O6SSi2/c1-33(2,3)44(29-20-13-9-14-21-29,30-22-15-10-16-23-30)39-27-32-35(40-32,42(36,37)28-18-11-8-12-19-28)26-31-34(4,24-17-25-38-31)41-43(5,6)7/h8-16,18-23,31-32H,17,24-27H2,1-7H3/t31-,32+,34+,35-/m1/s1. The number of sulfone groups is 1. The van der Waals surface area contributed by atoms with Crippen LogP contribution in [0.2, 0.25) is 24.7 Å². The summed E-state index contributed by atoms with van der Waals surface area (Å²) in [5.74, 6) is 0. The smallest absolute Gasteiger partial charge is 0.261 e. The lowest BCUT2D eigenvalue weighted by atomic mass is 9.88. The van der Waals surface area contributed by atoms with E-state index in [1.165, 1.54) is 0 Å². The fourth-order valence-corrected chi connectivity index (χ4v) is 15.1. The second-order valence-electron chi connectivity index (χ2n) is 14.4. The SMILES string of the molecule is CC(C)(C)[Si](OC[C@@H]1O[C@]1(C[C@H]1OCCC[C@]1(C)O[Si](C)(C)C)S(=O)(=O)c1ccccc1)(c1ccccc1)c1ccccc1. The molecule has 9 heteroatoms. The molecular weight excluding hydrogens is 605 g/mol. The van der Waals surface area contributed by atoms with Gasteiger partial charge in [-0.3, -0.25) is 0 Å². The van der Waals surface area contributed by atoms with E-state index in [1.807, 2.05) is 42.5 Å². The third-order valence-electron chi connectivity index (χ3n) is 8.98. The summed E-state index contributed by atoms with van der Waals surface area (Å²) >= 11 is 0. The molecule has 238 valence electrons. The molecule has 4 atom stereocenters. The van der Waals surface area contributed by atoms with Crippen LogP contribution in [-0.4, -0.2) is 61.0 Å².